The Kier molecular flexibility index (Phi) is 20.9. The van der Waals surface area contributed by atoms with E-state index in [0.717, 1.165) is 11.1 Å². The first kappa shape index (κ1) is 56.7. The summed E-state index contributed by atoms with van der Waals surface area (Å²) in [5, 5.41) is 20.7. The number of rotatable bonds is 22. The molecule has 2 aromatic carbocycles. The Morgan fingerprint density at radius 3 is 1.34 bits per heavy atom. The van der Waals surface area contributed by atoms with Gasteiger partial charge in [0.25, 0.3) is 0 Å². The van der Waals surface area contributed by atoms with E-state index in [1.165, 1.54) is 0 Å². The summed E-state index contributed by atoms with van der Waals surface area (Å²) in [6.45, 7) is 15.6. The number of nitrogens with zero attached hydrogens (tertiary/aromatic N) is 3. The smallest absolute Gasteiger partial charge is 0.246 e. The molecule has 2 aromatic rings. The number of nitrogens with one attached hydrogen (secondary N) is 7. The monoisotopic (exact) mass is 973 g/mol. The summed E-state index contributed by atoms with van der Waals surface area (Å²) < 4.78 is 0. The molecule has 2 aliphatic rings. The molecule has 0 unspecified atom stereocenters. The van der Waals surface area contributed by atoms with Gasteiger partial charge in [-0.2, -0.15) is 0 Å². The number of benzene rings is 2. The van der Waals surface area contributed by atoms with E-state index in [9.17, 15) is 38.4 Å². The Bertz CT molecular complexity index is 2110. The maximum atomic E-state index is 14.1. The molecular formula is C52H80N10O8. The summed E-state index contributed by atoms with van der Waals surface area (Å²) in [5.74, 6) is -2.60. The Balaban J connectivity index is 1.33. The number of hydrogen-bond acceptors (Lipinski definition) is 10. The lowest BCUT2D eigenvalue weighted by Crippen LogP contribution is -2.59. The summed E-state index contributed by atoms with van der Waals surface area (Å²) in [6.07, 6.45) is 2.43. The van der Waals surface area contributed by atoms with Gasteiger partial charge in [0.2, 0.25) is 47.3 Å². The first-order chi connectivity index (χ1) is 32.9. The first-order valence-electron chi connectivity index (χ1n) is 24.7. The van der Waals surface area contributed by atoms with E-state index in [-0.39, 0.29) is 79.6 Å². The summed E-state index contributed by atoms with van der Waals surface area (Å²) in [7, 11) is 5.24. The van der Waals surface area contributed by atoms with E-state index in [1.54, 1.807) is 49.7 Å². The van der Waals surface area contributed by atoms with Crippen LogP contribution in [0.15, 0.2) is 60.7 Å². The molecule has 8 amide bonds. The van der Waals surface area contributed by atoms with Crippen LogP contribution in [0.25, 0.3) is 0 Å². The van der Waals surface area contributed by atoms with Gasteiger partial charge < -0.3 is 47.0 Å². The average Bonchev–Trinajstić information content (AvgIpc) is 4.03. The number of carbonyl (C=O) groups is 8. The zero-order valence-corrected chi connectivity index (χ0v) is 43.3. The van der Waals surface area contributed by atoms with Gasteiger partial charge in [0.1, 0.15) is 24.2 Å². The van der Waals surface area contributed by atoms with Crippen LogP contribution in [0.5, 0.6) is 0 Å². The zero-order valence-electron chi connectivity index (χ0n) is 43.3. The minimum Gasteiger partial charge on any atom is -0.354 e. The molecule has 7 N–H and O–H groups in total. The molecule has 2 saturated heterocycles. The van der Waals surface area contributed by atoms with Crippen molar-refractivity contribution in [2.75, 3.05) is 47.3 Å². The Morgan fingerprint density at radius 1 is 0.600 bits per heavy atom. The molecule has 0 spiro atoms. The fourth-order valence-corrected chi connectivity index (χ4v) is 8.56. The minimum absolute atomic E-state index is 0.0360. The lowest BCUT2D eigenvalue weighted by molar-refractivity contribution is -0.144. The zero-order chi connectivity index (χ0) is 51.9. The van der Waals surface area contributed by atoms with Crippen molar-refractivity contribution in [3.63, 3.8) is 0 Å². The van der Waals surface area contributed by atoms with Gasteiger partial charge in [-0.25, -0.2) is 0 Å². The van der Waals surface area contributed by atoms with E-state index in [2.05, 4.69) is 37.2 Å². The van der Waals surface area contributed by atoms with Gasteiger partial charge in [-0.15, -0.1) is 0 Å². The molecule has 8 atom stereocenters. The number of likely N-dealkylation sites (tertiary alicyclic amines) is 2. The SMILES string of the molecule is CN[C@@H](C)C(=O)N[C@H](C(=O)N1CCC[C@H]1C(=O)N[C@H](CNC(=O)CCCC(=O)NC[C@@H](NC(=O)[C@@H]1CCCN1C(=O)[C@@H](NC(=O)[C@H](C)N(C)C)C(C)(C)C)c1ccccc1)c1ccccc1)C(C)(C)C. The van der Waals surface area contributed by atoms with Gasteiger partial charge in [0, 0.05) is 39.0 Å². The van der Waals surface area contributed by atoms with Gasteiger partial charge in [-0.05, 0) is 89.1 Å². The van der Waals surface area contributed by atoms with Crippen molar-refractivity contribution in [1.29, 1.82) is 0 Å². The maximum absolute atomic E-state index is 14.1. The predicted octanol–water partition coefficient (Wildman–Crippen LogP) is 2.71. The Hall–Kier alpha value is -5.88. The van der Waals surface area contributed by atoms with Crippen molar-refractivity contribution in [2.45, 2.75) is 149 Å². The number of carbonyl (C=O) groups excluding carboxylic acids is 8. The summed E-state index contributed by atoms with van der Waals surface area (Å²) >= 11 is 0. The third kappa shape index (κ3) is 16.1. The first-order valence-corrected chi connectivity index (χ1v) is 24.7. The molecule has 18 heteroatoms. The highest BCUT2D eigenvalue weighted by Crippen LogP contribution is 2.29. The third-order valence-electron chi connectivity index (χ3n) is 13.3. The Morgan fingerprint density at radius 2 is 0.986 bits per heavy atom. The second-order valence-corrected chi connectivity index (χ2v) is 21.0. The van der Waals surface area contributed by atoms with Gasteiger partial charge in [-0.3, -0.25) is 43.3 Å². The molecule has 0 aliphatic carbocycles. The van der Waals surface area contributed by atoms with E-state index < -0.39 is 59.2 Å². The van der Waals surface area contributed by atoms with Gasteiger partial charge in [0.05, 0.1) is 24.2 Å². The summed E-state index contributed by atoms with van der Waals surface area (Å²) in [6, 6.07) is 13.0. The van der Waals surface area contributed by atoms with Crippen molar-refractivity contribution in [1.82, 2.24) is 51.9 Å². The predicted molar refractivity (Wildman–Crippen MR) is 268 cm³/mol. The molecule has 2 heterocycles. The van der Waals surface area contributed by atoms with Crippen LogP contribution in [-0.2, 0) is 38.4 Å². The largest absolute Gasteiger partial charge is 0.354 e. The minimum atomic E-state index is -0.860. The highest BCUT2D eigenvalue weighted by atomic mass is 16.2. The van der Waals surface area contributed by atoms with Crippen molar-refractivity contribution in [3.8, 4) is 0 Å². The molecule has 386 valence electrons. The van der Waals surface area contributed by atoms with Gasteiger partial charge >= 0.3 is 0 Å². The van der Waals surface area contributed by atoms with E-state index in [0.29, 0.717) is 38.8 Å². The van der Waals surface area contributed by atoms with Crippen molar-refractivity contribution in [3.05, 3.63) is 71.8 Å². The molecule has 2 aliphatic heterocycles. The molecule has 70 heavy (non-hydrogen) atoms. The number of amides is 8. The van der Waals surface area contributed by atoms with Gasteiger partial charge in [-0.1, -0.05) is 102 Å². The highest BCUT2D eigenvalue weighted by molar-refractivity contribution is 5.95. The average molecular weight is 973 g/mol. The molecule has 0 saturated carbocycles. The molecule has 0 aromatic heterocycles. The third-order valence-corrected chi connectivity index (χ3v) is 13.3. The molecule has 0 radical (unpaired) electrons. The quantitative estimate of drug-likeness (QED) is 0.0913. The van der Waals surface area contributed by atoms with Gasteiger partial charge in [0.15, 0.2) is 0 Å². The Labute approximate surface area is 414 Å². The second-order valence-electron chi connectivity index (χ2n) is 21.0. The van der Waals surface area contributed by atoms with Crippen molar-refractivity contribution < 1.29 is 38.4 Å². The van der Waals surface area contributed by atoms with Crippen LogP contribution in [0.4, 0.5) is 0 Å². The summed E-state index contributed by atoms with van der Waals surface area (Å²) in [4.78, 5) is 113. The van der Waals surface area contributed by atoms with E-state index in [1.807, 2.05) is 102 Å². The topological polar surface area (TPSA) is 230 Å². The van der Waals surface area contributed by atoms with Crippen molar-refractivity contribution >= 4 is 47.3 Å². The summed E-state index contributed by atoms with van der Waals surface area (Å²) in [5.41, 5.74) is 0.256. The van der Waals surface area contributed by atoms with Crippen molar-refractivity contribution in [2.24, 2.45) is 10.8 Å². The normalized spacial score (nSPS) is 18.7. The van der Waals surface area contributed by atoms with E-state index in [4.69, 9.17) is 0 Å². The van der Waals surface area contributed by atoms with Crippen LogP contribution in [0.3, 0.4) is 0 Å². The number of hydrogen-bond donors (Lipinski definition) is 7. The fourth-order valence-electron chi connectivity index (χ4n) is 8.56. The fraction of sp³-hybridized carbons (Fsp3) is 0.615. The van der Waals surface area contributed by atoms with Crippen LogP contribution in [0.2, 0.25) is 0 Å². The van der Waals surface area contributed by atoms with Crippen LogP contribution >= 0.6 is 0 Å². The molecular weight excluding hydrogens is 893 g/mol. The van der Waals surface area contributed by atoms with Crippen LogP contribution in [0, 0.1) is 10.8 Å². The highest BCUT2D eigenvalue weighted by Gasteiger charge is 2.44. The lowest BCUT2D eigenvalue weighted by Gasteiger charge is -2.36. The molecule has 2 fully saturated rings. The standard InChI is InChI=1S/C52H80N10O8/c1-33(53-9)45(65)58-43(51(3,4)5)49(69)61-29-19-25-39(61)47(67)56-37(35-21-14-12-15-22-35)31-54-41(63)27-18-28-42(64)55-32-38(36-23-16-13-17-24-36)57-48(68)40-26-20-30-62(40)50(70)44(52(6,7)8)59-46(66)34(2)60(10)11/h12-17,21-24,33-34,37-40,43-44,53H,18-20,25-32H2,1-11H3,(H,54,63)(H,55,64)(H,56,67)(H,57,68)(H,58,65)(H,59,66)/t33-,34-,37+,38+,39-,40-,43+,44+/m0/s1. The molecule has 0 bridgehead atoms. The number of likely N-dealkylation sites (N-methyl/N-ethyl adjacent to an activating group) is 2. The molecule has 4 rings (SSSR count). The van der Waals surface area contributed by atoms with E-state index >= 15 is 0 Å². The maximum Gasteiger partial charge on any atom is 0.246 e. The molecule has 18 nitrogen and oxygen atoms in total. The van der Waals surface area contributed by atoms with Crippen LogP contribution < -0.4 is 37.2 Å². The second kappa shape index (κ2) is 25.8. The van der Waals surface area contributed by atoms with Crippen LogP contribution in [0.1, 0.15) is 124 Å². The lowest BCUT2D eigenvalue weighted by atomic mass is 9.85. The van der Waals surface area contributed by atoms with Crippen LogP contribution in [-0.4, -0.2) is 146 Å².